The average Bonchev–Trinajstić information content (AvgIpc) is 2.63. The summed E-state index contributed by atoms with van der Waals surface area (Å²) in [4.78, 5) is 16.9. The van der Waals surface area contributed by atoms with Crippen LogP contribution in [0.15, 0.2) is 19.0 Å². The first-order valence-corrected chi connectivity index (χ1v) is 4.81. The molecule has 3 N–H and O–H groups in total. The van der Waals surface area contributed by atoms with Gasteiger partial charge in [0.2, 0.25) is 11.9 Å². The van der Waals surface area contributed by atoms with Gasteiger partial charge in [-0.15, -0.1) is 11.7 Å². The molecule has 0 saturated heterocycles. The Morgan fingerprint density at radius 1 is 1.75 bits per heavy atom. The molecular formula is C9H15N5O2. The van der Waals surface area contributed by atoms with Gasteiger partial charge in [0.1, 0.15) is 12.9 Å². The zero-order chi connectivity index (χ0) is 12.0. The lowest BCUT2D eigenvalue weighted by atomic mass is 10.4. The van der Waals surface area contributed by atoms with Crippen LogP contribution in [0.5, 0.6) is 0 Å². The zero-order valence-electron chi connectivity index (χ0n) is 8.91. The number of amides is 1. The van der Waals surface area contributed by atoms with Gasteiger partial charge in [-0.2, -0.15) is 0 Å². The predicted octanol–water partition coefficient (Wildman–Crippen LogP) is -1.13. The Balaban J connectivity index is 2.57. The highest BCUT2D eigenvalue weighted by Gasteiger charge is 2.12. The fourth-order valence-electron chi connectivity index (χ4n) is 1.22. The maximum Gasteiger partial charge on any atom is 0.244 e. The molecule has 16 heavy (non-hydrogen) atoms. The van der Waals surface area contributed by atoms with E-state index in [2.05, 4.69) is 16.7 Å². The molecule has 0 aromatic carbocycles. The van der Waals surface area contributed by atoms with E-state index < -0.39 is 0 Å². The van der Waals surface area contributed by atoms with Crippen molar-refractivity contribution in [3.05, 3.63) is 19.0 Å². The molecule has 1 aromatic heterocycles. The van der Waals surface area contributed by atoms with E-state index in [0.717, 1.165) is 0 Å². The van der Waals surface area contributed by atoms with Crippen molar-refractivity contribution in [1.29, 1.82) is 0 Å². The van der Waals surface area contributed by atoms with Crippen LogP contribution in [0.3, 0.4) is 0 Å². The second kappa shape index (κ2) is 5.86. The maximum absolute atomic E-state index is 11.7. The summed E-state index contributed by atoms with van der Waals surface area (Å²) >= 11 is 0. The lowest BCUT2D eigenvalue weighted by Gasteiger charge is -2.19. The van der Waals surface area contributed by atoms with Crippen molar-refractivity contribution >= 4 is 11.9 Å². The van der Waals surface area contributed by atoms with E-state index in [1.165, 1.54) is 15.9 Å². The Labute approximate surface area is 93.2 Å². The van der Waals surface area contributed by atoms with Crippen LogP contribution in [-0.2, 0) is 11.3 Å². The second-order valence-electron chi connectivity index (χ2n) is 3.15. The Bertz CT molecular complexity index is 363. The quantitative estimate of drug-likeness (QED) is 0.597. The number of anilines is 1. The van der Waals surface area contributed by atoms with Crippen molar-refractivity contribution in [2.45, 2.75) is 6.54 Å². The Kier molecular flexibility index (Phi) is 4.46. The van der Waals surface area contributed by atoms with Gasteiger partial charge < -0.3 is 15.7 Å². The molecule has 0 aliphatic rings. The second-order valence-corrected chi connectivity index (χ2v) is 3.15. The van der Waals surface area contributed by atoms with Crippen LogP contribution in [0.2, 0.25) is 0 Å². The highest BCUT2D eigenvalue weighted by Crippen LogP contribution is 1.95. The van der Waals surface area contributed by atoms with Gasteiger partial charge in [-0.25, -0.2) is 9.67 Å². The highest BCUT2D eigenvalue weighted by atomic mass is 16.3. The van der Waals surface area contributed by atoms with Gasteiger partial charge in [0.25, 0.3) is 0 Å². The monoisotopic (exact) mass is 225 g/mol. The van der Waals surface area contributed by atoms with Crippen LogP contribution < -0.4 is 5.73 Å². The van der Waals surface area contributed by atoms with Crippen molar-refractivity contribution in [1.82, 2.24) is 19.7 Å². The van der Waals surface area contributed by atoms with Gasteiger partial charge in [-0.1, -0.05) is 6.08 Å². The molecule has 0 radical (unpaired) electrons. The Morgan fingerprint density at radius 3 is 3.00 bits per heavy atom. The molecule has 88 valence electrons. The number of carbonyl (C=O) groups is 1. The van der Waals surface area contributed by atoms with E-state index >= 15 is 0 Å². The van der Waals surface area contributed by atoms with E-state index in [9.17, 15) is 4.79 Å². The van der Waals surface area contributed by atoms with Gasteiger partial charge in [0, 0.05) is 13.1 Å². The third kappa shape index (κ3) is 3.35. The molecule has 0 unspecified atom stereocenters. The Hall–Kier alpha value is -1.89. The number of nitrogen functional groups attached to an aromatic ring is 1. The van der Waals surface area contributed by atoms with Gasteiger partial charge in [-0.05, 0) is 0 Å². The maximum atomic E-state index is 11.7. The summed E-state index contributed by atoms with van der Waals surface area (Å²) in [5.41, 5.74) is 5.32. The van der Waals surface area contributed by atoms with Crippen LogP contribution in [0, 0.1) is 0 Å². The highest BCUT2D eigenvalue weighted by molar-refractivity contribution is 5.76. The van der Waals surface area contributed by atoms with Crippen molar-refractivity contribution in [2.75, 3.05) is 25.4 Å². The number of nitrogens with two attached hydrogens (primary N) is 1. The van der Waals surface area contributed by atoms with E-state index in [1.807, 2.05) is 0 Å². The average molecular weight is 225 g/mol. The fraction of sp³-hybridized carbons (Fsp3) is 0.444. The zero-order valence-corrected chi connectivity index (χ0v) is 8.91. The predicted molar refractivity (Wildman–Crippen MR) is 58.3 cm³/mol. The lowest BCUT2D eigenvalue weighted by molar-refractivity contribution is -0.132. The van der Waals surface area contributed by atoms with E-state index in [-0.39, 0.29) is 31.6 Å². The molecule has 7 nitrogen and oxygen atoms in total. The fourth-order valence-corrected chi connectivity index (χ4v) is 1.22. The van der Waals surface area contributed by atoms with Crippen molar-refractivity contribution in [2.24, 2.45) is 0 Å². The molecule has 0 aliphatic carbocycles. The number of aliphatic hydroxyl groups excluding tert-OH is 1. The molecule has 1 amide bonds. The number of hydrogen-bond donors (Lipinski definition) is 2. The van der Waals surface area contributed by atoms with Crippen LogP contribution in [0.4, 0.5) is 5.95 Å². The standard InChI is InChI=1S/C9H15N5O2/c1-2-3-13(4-5-15)8(16)6-14-7-11-9(10)12-14/h2,7,15H,1,3-6H2,(H2,10,12). The summed E-state index contributed by atoms with van der Waals surface area (Å²) in [7, 11) is 0. The third-order valence-electron chi connectivity index (χ3n) is 1.92. The van der Waals surface area contributed by atoms with Gasteiger partial charge >= 0.3 is 0 Å². The largest absolute Gasteiger partial charge is 0.395 e. The van der Waals surface area contributed by atoms with Crippen LogP contribution >= 0.6 is 0 Å². The smallest absolute Gasteiger partial charge is 0.244 e. The molecule has 7 heteroatoms. The van der Waals surface area contributed by atoms with Gasteiger partial charge in [0.05, 0.1) is 6.61 Å². The lowest BCUT2D eigenvalue weighted by Crippen LogP contribution is -2.36. The van der Waals surface area contributed by atoms with E-state index in [1.54, 1.807) is 6.08 Å². The summed E-state index contributed by atoms with van der Waals surface area (Å²) in [6.45, 7) is 4.18. The van der Waals surface area contributed by atoms with Crippen molar-refractivity contribution < 1.29 is 9.90 Å². The van der Waals surface area contributed by atoms with Crippen molar-refractivity contribution in [3.63, 3.8) is 0 Å². The normalized spacial score (nSPS) is 10.1. The summed E-state index contributed by atoms with van der Waals surface area (Å²) in [5, 5.41) is 12.6. The van der Waals surface area contributed by atoms with Gasteiger partial charge in [-0.3, -0.25) is 4.79 Å². The van der Waals surface area contributed by atoms with Crippen LogP contribution in [0.25, 0.3) is 0 Å². The molecule has 0 atom stereocenters. The minimum Gasteiger partial charge on any atom is -0.395 e. The minimum absolute atomic E-state index is 0.0536. The van der Waals surface area contributed by atoms with Crippen molar-refractivity contribution in [3.8, 4) is 0 Å². The molecule has 0 bridgehead atoms. The molecule has 1 rings (SSSR count). The van der Waals surface area contributed by atoms with E-state index in [4.69, 9.17) is 10.8 Å². The summed E-state index contributed by atoms with van der Waals surface area (Å²) < 4.78 is 1.35. The first kappa shape index (κ1) is 12.2. The molecule has 0 fully saturated rings. The first-order chi connectivity index (χ1) is 7.67. The number of hydrogen-bond acceptors (Lipinski definition) is 5. The minimum atomic E-state index is -0.168. The number of rotatable bonds is 6. The molecular weight excluding hydrogens is 210 g/mol. The molecule has 0 saturated carbocycles. The van der Waals surface area contributed by atoms with E-state index in [0.29, 0.717) is 6.54 Å². The number of aliphatic hydroxyl groups is 1. The van der Waals surface area contributed by atoms with Crippen LogP contribution in [-0.4, -0.2) is 50.4 Å². The van der Waals surface area contributed by atoms with Crippen LogP contribution in [0.1, 0.15) is 0 Å². The first-order valence-electron chi connectivity index (χ1n) is 4.81. The Morgan fingerprint density at radius 2 is 2.50 bits per heavy atom. The van der Waals surface area contributed by atoms with Gasteiger partial charge in [0.15, 0.2) is 0 Å². The third-order valence-corrected chi connectivity index (χ3v) is 1.92. The summed E-state index contributed by atoms with van der Waals surface area (Å²) in [5.74, 6) is -0.0379. The number of carbonyl (C=O) groups excluding carboxylic acids is 1. The SMILES string of the molecule is C=CCN(CCO)C(=O)Cn1cnc(N)n1. The molecule has 0 spiro atoms. The molecule has 0 aliphatic heterocycles. The number of aromatic nitrogens is 3. The summed E-state index contributed by atoms with van der Waals surface area (Å²) in [6, 6.07) is 0. The molecule has 1 aromatic rings. The number of nitrogens with zero attached hydrogens (tertiary/aromatic N) is 4. The topological polar surface area (TPSA) is 97.3 Å². The summed E-state index contributed by atoms with van der Waals surface area (Å²) in [6.07, 6.45) is 2.99. The molecule has 1 heterocycles.